The molecule has 3 heterocycles. The van der Waals surface area contributed by atoms with E-state index in [1.54, 1.807) is 39.8 Å². The fourth-order valence-corrected chi connectivity index (χ4v) is 7.27. The summed E-state index contributed by atoms with van der Waals surface area (Å²) >= 11 is 0. The number of nitrogens with one attached hydrogen (secondary N) is 1. The molecule has 0 saturated carbocycles. The Kier molecular flexibility index (Phi) is 14.6. The molecule has 58 heavy (non-hydrogen) atoms. The van der Waals surface area contributed by atoms with Crippen molar-refractivity contribution >= 4 is 40.0 Å². The number of ketones is 1. The van der Waals surface area contributed by atoms with Gasteiger partial charge in [0.2, 0.25) is 0 Å². The number of benzene rings is 2. The van der Waals surface area contributed by atoms with Gasteiger partial charge in [-0.3, -0.25) is 19.2 Å². The van der Waals surface area contributed by atoms with E-state index < -0.39 is 95.5 Å². The van der Waals surface area contributed by atoms with Crippen molar-refractivity contribution in [2.24, 2.45) is 23.7 Å². The Balaban J connectivity index is 1.93. The van der Waals surface area contributed by atoms with Crippen LogP contribution in [0.3, 0.4) is 0 Å². The maximum absolute atomic E-state index is 14.4. The number of aromatic hydroxyl groups is 2. The lowest BCUT2D eigenvalue weighted by Gasteiger charge is -2.38. The van der Waals surface area contributed by atoms with Gasteiger partial charge in [0, 0.05) is 80.8 Å². The van der Waals surface area contributed by atoms with Gasteiger partial charge in [-0.1, -0.05) is 45.9 Å². The van der Waals surface area contributed by atoms with Crippen LogP contribution in [0.4, 0.5) is 5.69 Å². The normalized spacial score (nSPS) is 30.1. The molecule has 3 aliphatic heterocycles. The molecular weight excluding hydrogens is 756 g/mol. The first-order valence-electron chi connectivity index (χ1n) is 19.0. The van der Waals surface area contributed by atoms with Crippen LogP contribution >= 0.6 is 0 Å². The molecular formula is C42H56N2O14. The van der Waals surface area contributed by atoms with Crippen molar-refractivity contribution in [3.8, 4) is 23.0 Å². The number of aliphatic hydroxyl groups excluding tert-OH is 3. The first kappa shape index (κ1) is 45.5. The van der Waals surface area contributed by atoms with Gasteiger partial charge in [-0.2, -0.15) is 0 Å². The SMILES string of the molecule is CO[C@H]1/C=C/O[C@@]2(C)Oc3c(C)c(O)c4c(O)c(cc(OCC(=O)N(C)CCO)c4c3C2=O)NC(=O)/C(C)=C\C=C\[C@H](C)[C@H](O)[C@@H](C)[C@@H](O)[C@@H](C)[C@H](OC(C)=O)[C@@H]1C. The number of carbonyl (C=O) groups is 4. The molecule has 5 rings (SSSR count). The molecule has 2 aromatic rings. The van der Waals surface area contributed by atoms with Crippen molar-refractivity contribution in [3.63, 3.8) is 0 Å². The number of nitrogens with zero attached hydrogens (tertiary/aromatic N) is 1. The van der Waals surface area contributed by atoms with Crippen LogP contribution in [0.2, 0.25) is 0 Å². The first-order valence-corrected chi connectivity index (χ1v) is 19.0. The van der Waals surface area contributed by atoms with Gasteiger partial charge in [-0.25, -0.2) is 0 Å². The molecule has 9 atom stereocenters. The predicted octanol–water partition coefficient (Wildman–Crippen LogP) is 3.88. The highest BCUT2D eigenvalue weighted by Crippen LogP contribution is 2.54. The lowest BCUT2D eigenvalue weighted by molar-refractivity contribution is -0.160. The molecule has 2 aromatic carbocycles. The Hall–Kier alpha value is -5.16. The van der Waals surface area contributed by atoms with E-state index in [-0.39, 0.29) is 57.8 Å². The number of phenols is 2. The third kappa shape index (κ3) is 9.25. The summed E-state index contributed by atoms with van der Waals surface area (Å²) in [5.41, 5.74) is -0.143. The van der Waals surface area contributed by atoms with Gasteiger partial charge < -0.3 is 59.4 Å². The van der Waals surface area contributed by atoms with Crippen LogP contribution in [0, 0.1) is 30.6 Å². The van der Waals surface area contributed by atoms with Crippen LogP contribution in [-0.4, -0.2) is 118 Å². The molecule has 318 valence electrons. The van der Waals surface area contributed by atoms with Crippen LogP contribution in [0.1, 0.15) is 64.4 Å². The molecule has 2 amide bonds. The van der Waals surface area contributed by atoms with Crippen molar-refractivity contribution in [1.82, 2.24) is 4.90 Å². The molecule has 0 radical (unpaired) electrons. The first-order chi connectivity index (χ1) is 27.2. The molecule has 16 heteroatoms. The zero-order valence-corrected chi connectivity index (χ0v) is 34.6. The Labute approximate surface area is 337 Å². The number of allylic oxidation sites excluding steroid dienone is 2. The van der Waals surface area contributed by atoms with Crippen molar-refractivity contribution < 1.29 is 68.4 Å². The molecule has 0 unspecified atom stereocenters. The fourth-order valence-electron chi connectivity index (χ4n) is 7.27. The van der Waals surface area contributed by atoms with E-state index in [9.17, 15) is 44.7 Å². The van der Waals surface area contributed by atoms with E-state index in [1.807, 2.05) is 0 Å². The second kappa shape index (κ2) is 18.6. The highest BCUT2D eigenvalue weighted by atomic mass is 16.7. The third-order valence-corrected chi connectivity index (χ3v) is 11.0. The summed E-state index contributed by atoms with van der Waals surface area (Å²) in [6, 6.07) is 1.21. The average Bonchev–Trinajstić information content (AvgIpc) is 3.44. The van der Waals surface area contributed by atoms with E-state index in [4.69, 9.17) is 23.7 Å². The number of hydrogen-bond acceptors (Lipinski definition) is 14. The number of phenolic OH excluding ortho intramolecular Hbond substituents is 2. The quantitative estimate of drug-likeness (QED) is 0.172. The molecule has 16 nitrogen and oxygen atoms in total. The molecule has 3 aliphatic rings. The van der Waals surface area contributed by atoms with Gasteiger partial charge >= 0.3 is 11.8 Å². The highest BCUT2D eigenvalue weighted by Gasteiger charge is 2.49. The minimum Gasteiger partial charge on any atom is -0.507 e. The number of Topliss-reactive ketones (excluding diaryl/α,β-unsaturated/α-hetero) is 1. The van der Waals surface area contributed by atoms with Crippen LogP contribution in [0.15, 0.2) is 42.2 Å². The molecule has 6 N–H and O–H groups in total. The lowest BCUT2D eigenvalue weighted by atomic mass is 9.78. The number of fused-ring (bicyclic) bond motifs is 14. The number of amides is 2. The van der Waals surface area contributed by atoms with Crippen LogP contribution in [0.5, 0.6) is 23.0 Å². The molecule has 5 bridgehead atoms. The van der Waals surface area contributed by atoms with E-state index in [2.05, 4.69) is 5.32 Å². The van der Waals surface area contributed by atoms with Crippen molar-refractivity contribution in [3.05, 3.63) is 53.3 Å². The van der Waals surface area contributed by atoms with Crippen molar-refractivity contribution in [2.45, 2.75) is 85.6 Å². The van der Waals surface area contributed by atoms with Gasteiger partial charge in [0.1, 0.15) is 23.4 Å². The summed E-state index contributed by atoms with van der Waals surface area (Å²) in [4.78, 5) is 54.3. The smallest absolute Gasteiger partial charge is 0.312 e. The molecule has 0 saturated heterocycles. The molecule has 0 aliphatic carbocycles. The summed E-state index contributed by atoms with van der Waals surface area (Å²) in [5.74, 6) is -8.51. The molecule has 0 fully saturated rings. The number of esters is 1. The minimum atomic E-state index is -2.05. The Morgan fingerprint density at radius 1 is 0.983 bits per heavy atom. The second-order valence-corrected chi connectivity index (χ2v) is 15.2. The predicted molar refractivity (Wildman–Crippen MR) is 212 cm³/mol. The van der Waals surface area contributed by atoms with Crippen molar-refractivity contribution in [1.29, 1.82) is 0 Å². The number of rotatable bonds is 7. The molecule has 0 aromatic heterocycles. The van der Waals surface area contributed by atoms with E-state index in [0.717, 1.165) is 0 Å². The van der Waals surface area contributed by atoms with E-state index in [1.165, 1.54) is 71.2 Å². The standard InChI is InChI=1S/C42H56N2O14/c1-20-12-11-13-21(2)41(53)43-27-18-29(55-19-30(47)44(9)15-16-45)31-32(37(27)51)36(50)25(6)39-33(31)40(52)42(8,58-39)56-17-14-28(54-10)22(3)38(57-26(7)46)24(5)35(49)23(4)34(20)48/h11-14,17-18,20,22-24,28,34-35,38,45,48-51H,15-16,19H2,1-10H3,(H,43,53)/b12-11+,17-14+,21-13-/t20-,22+,23+,24+,28-,34-,35+,38+,42-/m0/s1. The average molecular weight is 813 g/mol. The number of ether oxygens (including phenoxy) is 5. The van der Waals surface area contributed by atoms with Gasteiger partial charge in [-0.05, 0) is 19.9 Å². The van der Waals surface area contributed by atoms with Crippen molar-refractivity contribution in [2.75, 3.05) is 39.2 Å². The number of carbonyl (C=O) groups excluding carboxylic acids is 4. The number of anilines is 1. The van der Waals surface area contributed by atoms with Crippen LogP contribution in [-0.2, 0) is 28.6 Å². The zero-order chi connectivity index (χ0) is 43.4. The van der Waals surface area contributed by atoms with Gasteiger partial charge in [0.15, 0.2) is 12.4 Å². The fraction of sp³-hybridized carbons (Fsp3) is 0.524. The maximum atomic E-state index is 14.4. The van der Waals surface area contributed by atoms with Gasteiger partial charge in [0.25, 0.3) is 17.6 Å². The van der Waals surface area contributed by atoms with Crippen LogP contribution < -0.4 is 14.8 Å². The largest absolute Gasteiger partial charge is 0.507 e. The summed E-state index contributed by atoms with van der Waals surface area (Å²) < 4.78 is 29.5. The Bertz CT molecular complexity index is 1990. The summed E-state index contributed by atoms with van der Waals surface area (Å²) in [6.45, 7) is 11.5. The number of methoxy groups -OCH3 is 1. The van der Waals surface area contributed by atoms with Gasteiger partial charge in [0.05, 0.1) is 47.8 Å². The maximum Gasteiger partial charge on any atom is 0.312 e. The van der Waals surface area contributed by atoms with Crippen LogP contribution in [0.25, 0.3) is 10.8 Å². The summed E-state index contributed by atoms with van der Waals surface area (Å²) in [5, 5.41) is 57.5. The summed E-state index contributed by atoms with van der Waals surface area (Å²) in [7, 11) is 2.88. The van der Waals surface area contributed by atoms with E-state index >= 15 is 0 Å². The zero-order valence-electron chi connectivity index (χ0n) is 34.6. The lowest BCUT2D eigenvalue weighted by Crippen LogP contribution is -2.46. The number of likely N-dealkylation sites (N-methyl/N-ethyl adjacent to an activating group) is 1. The van der Waals surface area contributed by atoms with E-state index in [0.29, 0.717) is 0 Å². The Morgan fingerprint density at radius 3 is 2.28 bits per heavy atom. The molecule has 0 spiro atoms. The number of aliphatic hydroxyl groups is 3. The monoisotopic (exact) mass is 812 g/mol. The second-order valence-electron chi connectivity index (χ2n) is 15.2. The summed E-state index contributed by atoms with van der Waals surface area (Å²) in [6.07, 6.45) is 3.45. The highest BCUT2D eigenvalue weighted by molar-refractivity contribution is 6.21. The van der Waals surface area contributed by atoms with Gasteiger partial charge in [-0.15, -0.1) is 0 Å². The number of hydrogen-bond donors (Lipinski definition) is 6. The Morgan fingerprint density at radius 2 is 1.66 bits per heavy atom. The minimum absolute atomic E-state index is 0.00958. The third-order valence-electron chi connectivity index (χ3n) is 11.0. The topological polar surface area (TPSA) is 231 Å².